The van der Waals surface area contributed by atoms with E-state index in [9.17, 15) is 18.7 Å². The van der Waals surface area contributed by atoms with Crippen LogP contribution in [0.2, 0.25) is 5.02 Å². The fourth-order valence-electron chi connectivity index (χ4n) is 4.32. The van der Waals surface area contributed by atoms with Crippen LogP contribution in [0, 0.1) is 0 Å². The van der Waals surface area contributed by atoms with Gasteiger partial charge < -0.3 is 20.2 Å². The van der Waals surface area contributed by atoms with Crippen LogP contribution in [0.25, 0.3) is 5.65 Å². The number of anilines is 2. The second-order valence-corrected chi connectivity index (χ2v) is 8.46. The molecule has 2 fully saturated rings. The molecule has 4 heterocycles. The van der Waals surface area contributed by atoms with E-state index < -0.39 is 12.5 Å². The fourth-order valence-corrected chi connectivity index (χ4v) is 4.50. The number of carbonyl (C=O) groups excluding carboxylic acids is 1. The lowest BCUT2D eigenvalue weighted by atomic mass is 9.98. The van der Waals surface area contributed by atoms with E-state index in [1.54, 1.807) is 22.8 Å². The Kier molecular flexibility index (Phi) is 5.34. The molecular formula is C21H21ClF2N6O2. The lowest BCUT2D eigenvalue weighted by molar-refractivity contribution is 0.0309. The molecule has 0 bridgehead atoms. The van der Waals surface area contributed by atoms with Gasteiger partial charge in [0, 0.05) is 23.3 Å². The highest BCUT2D eigenvalue weighted by Gasteiger charge is 2.32. The SMILES string of the molecule is O=C(Nc1cnn2ccc(N3CCC[C@@H]3c3cc(Cl)ccc3C(F)F)nc12)N1CC(O)C1. The largest absolute Gasteiger partial charge is 0.389 e. The van der Waals surface area contributed by atoms with Gasteiger partial charge in [-0.2, -0.15) is 5.10 Å². The van der Waals surface area contributed by atoms with Crippen molar-refractivity contribution in [2.45, 2.75) is 31.4 Å². The van der Waals surface area contributed by atoms with E-state index in [0.29, 0.717) is 40.7 Å². The van der Waals surface area contributed by atoms with Crippen molar-refractivity contribution in [3.05, 3.63) is 52.8 Å². The third-order valence-corrected chi connectivity index (χ3v) is 6.17. The number of urea groups is 1. The Morgan fingerprint density at radius 2 is 2.09 bits per heavy atom. The molecular weight excluding hydrogens is 442 g/mol. The molecule has 2 aromatic heterocycles. The van der Waals surface area contributed by atoms with Gasteiger partial charge >= 0.3 is 6.03 Å². The number of amides is 2. The summed E-state index contributed by atoms with van der Waals surface area (Å²) in [4.78, 5) is 20.5. The molecule has 0 aliphatic carbocycles. The molecule has 2 amide bonds. The van der Waals surface area contributed by atoms with Crippen LogP contribution >= 0.6 is 11.6 Å². The Morgan fingerprint density at radius 3 is 2.84 bits per heavy atom. The van der Waals surface area contributed by atoms with Gasteiger partial charge in [0.05, 0.1) is 31.4 Å². The summed E-state index contributed by atoms with van der Waals surface area (Å²) in [6.45, 7) is 1.22. The van der Waals surface area contributed by atoms with Crippen LogP contribution in [0.5, 0.6) is 0 Å². The summed E-state index contributed by atoms with van der Waals surface area (Å²) in [7, 11) is 0. The zero-order valence-corrected chi connectivity index (χ0v) is 17.7. The Bertz CT molecular complexity index is 1170. The first-order valence-electron chi connectivity index (χ1n) is 10.3. The van der Waals surface area contributed by atoms with E-state index in [1.165, 1.54) is 23.2 Å². The number of alkyl halides is 2. The summed E-state index contributed by atoms with van der Waals surface area (Å²) >= 11 is 6.13. The maximum Gasteiger partial charge on any atom is 0.322 e. The zero-order chi connectivity index (χ0) is 22.4. The van der Waals surface area contributed by atoms with Crippen LogP contribution in [0.4, 0.5) is 25.1 Å². The average molecular weight is 463 g/mol. The first kappa shape index (κ1) is 20.9. The molecule has 5 rings (SSSR count). The predicted molar refractivity (Wildman–Crippen MR) is 115 cm³/mol. The molecule has 2 N–H and O–H groups in total. The molecule has 0 radical (unpaired) electrons. The van der Waals surface area contributed by atoms with E-state index in [4.69, 9.17) is 11.6 Å². The summed E-state index contributed by atoms with van der Waals surface area (Å²) in [5.41, 5.74) is 1.36. The molecule has 0 saturated carbocycles. The number of halogens is 3. The maximum atomic E-state index is 13.7. The number of aromatic nitrogens is 3. The molecule has 8 nitrogen and oxygen atoms in total. The smallest absolute Gasteiger partial charge is 0.322 e. The normalized spacial score (nSPS) is 19.1. The van der Waals surface area contributed by atoms with Gasteiger partial charge in [-0.3, -0.25) is 0 Å². The van der Waals surface area contributed by atoms with Gasteiger partial charge in [0.25, 0.3) is 6.43 Å². The lowest BCUT2D eigenvalue weighted by Gasteiger charge is -2.35. The summed E-state index contributed by atoms with van der Waals surface area (Å²) in [5.74, 6) is 0.607. The Labute approximate surface area is 187 Å². The third kappa shape index (κ3) is 3.73. The van der Waals surface area contributed by atoms with Crippen LogP contribution in [-0.4, -0.2) is 56.4 Å². The van der Waals surface area contributed by atoms with Crippen LogP contribution in [0.3, 0.4) is 0 Å². The van der Waals surface area contributed by atoms with Gasteiger partial charge in [-0.1, -0.05) is 17.7 Å². The topological polar surface area (TPSA) is 86.0 Å². The van der Waals surface area contributed by atoms with Crippen LogP contribution in [0.1, 0.15) is 36.4 Å². The number of carbonyl (C=O) groups is 1. The number of nitrogens with one attached hydrogen (secondary N) is 1. The Balaban J connectivity index is 1.45. The fraction of sp³-hybridized carbons (Fsp3) is 0.381. The number of aliphatic hydroxyl groups excluding tert-OH is 1. The van der Waals surface area contributed by atoms with Crippen molar-refractivity contribution in [3.63, 3.8) is 0 Å². The number of rotatable bonds is 4. The number of hydrogen-bond donors (Lipinski definition) is 2. The van der Waals surface area contributed by atoms with E-state index in [-0.39, 0.29) is 30.7 Å². The van der Waals surface area contributed by atoms with Crippen molar-refractivity contribution >= 4 is 34.8 Å². The molecule has 2 saturated heterocycles. The van der Waals surface area contributed by atoms with Crippen LogP contribution in [-0.2, 0) is 0 Å². The van der Waals surface area contributed by atoms with Gasteiger partial charge in [-0.25, -0.2) is 23.1 Å². The number of β-amino-alcohol motifs (C(OH)–C–C–N with tert-alkyl or cyclic N) is 1. The highest BCUT2D eigenvalue weighted by Crippen LogP contribution is 2.40. The summed E-state index contributed by atoms with van der Waals surface area (Å²) in [6.07, 6.45) is 1.66. The molecule has 168 valence electrons. The summed E-state index contributed by atoms with van der Waals surface area (Å²) in [5, 5.41) is 16.8. The van der Waals surface area contributed by atoms with Crippen molar-refractivity contribution in [1.29, 1.82) is 0 Å². The Morgan fingerprint density at radius 1 is 1.28 bits per heavy atom. The summed E-state index contributed by atoms with van der Waals surface area (Å²) < 4.78 is 28.9. The van der Waals surface area contributed by atoms with Crippen LogP contribution < -0.4 is 10.2 Å². The molecule has 3 aromatic rings. The van der Waals surface area contributed by atoms with E-state index >= 15 is 0 Å². The van der Waals surface area contributed by atoms with Crippen LogP contribution in [0.15, 0.2) is 36.7 Å². The van der Waals surface area contributed by atoms with E-state index in [2.05, 4.69) is 15.4 Å². The van der Waals surface area contributed by atoms with Crippen molar-refractivity contribution < 1.29 is 18.7 Å². The molecule has 0 spiro atoms. The second kappa shape index (κ2) is 8.18. The second-order valence-electron chi connectivity index (χ2n) is 8.03. The molecule has 0 unspecified atom stereocenters. The number of aliphatic hydroxyl groups is 1. The van der Waals surface area contributed by atoms with Gasteiger partial charge in [-0.05, 0) is 36.6 Å². The first-order valence-corrected chi connectivity index (χ1v) is 10.7. The zero-order valence-electron chi connectivity index (χ0n) is 17.0. The molecule has 1 atom stereocenters. The van der Waals surface area contributed by atoms with Crippen molar-refractivity contribution in [1.82, 2.24) is 19.5 Å². The van der Waals surface area contributed by atoms with Gasteiger partial charge in [0.15, 0.2) is 5.65 Å². The first-order chi connectivity index (χ1) is 15.4. The quantitative estimate of drug-likeness (QED) is 0.614. The molecule has 1 aromatic carbocycles. The van der Waals surface area contributed by atoms with Crippen molar-refractivity contribution in [2.24, 2.45) is 0 Å². The van der Waals surface area contributed by atoms with Crippen molar-refractivity contribution in [3.8, 4) is 0 Å². The van der Waals surface area contributed by atoms with E-state index in [1.807, 2.05) is 4.90 Å². The third-order valence-electron chi connectivity index (χ3n) is 5.94. The summed E-state index contributed by atoms with van der Waals surface area (Å²) in [6, 6.07) is 5.63. The van der Waals surface area contributed by atoms with E-state index in [0.717, 1.165) is 6.42 Å². The Hall–Kier alpha value is -2.98. The minimum absolute atomic E-state index is 0.0265. The minimum atomic E-state index is -2.60. The standard InChI is InChI=1S/C21H21ClF2N6O2/c22-12-3-4-14(19(23)24)15(8-12)17-2-1-6-29(17)18-5-7-30-20(27-18)16(9-25-30)26-21(32)28-10-13(31)11-28/h3-5,7-9,13,17,19,31H,1-2,6,10-11H2,(H,26,32)/t17-/m1/s1. The molecule has 32 heavy (non-hydrogen) atoms. The number of benzene rings is 1. The molecule has 2 aliphatic heterocycles. The minimum Gasteiger partial charge on any atom is -0.389 e. The lowest BCUT2D eigenvalue weighted by Crippen LogP contribution is -2.54. The average Bonchev–Trinajstić information content (AvgIpc) is 3.38. The van der Waals surface area contributed by atoms with Crippen molar-refractivity contribution in [2.75, 3.05) is 29.9 Å². The number of nitrogens with zero attached hydrogens (tertiary/aromatic N) is 5. The van der Waals surface area contributed by atoms with Gasteiger partial charge in [0.1, 0.15) is 11.5 Å². The highest BCUT2D eigenvalue weighted by molar-refractivity contribution is 6.30. The van der Waals surface area contributed by atoms with Gasteiger partial charge in [0.2, 0.25) is 0 Å². The maximum absolute atomic E-state index is 13.7. The number of fused-ring (bicyclic) bond motifs is 1. The monoisotopic (exact) mass is 462 g/mol. The molecule has 11 heteroatoms. The number of hydrogen-bond acceptors (Lipinski definition) is 5. The predicted octanol–water partition coefficient (Wildman–Crippen LogP) is 3.87. The highest BCUT2D eigenvalue weighted by atomic mass is 35.5. The number of likely N-dealkylation sites (tertiary alicyclic amines) is 1. The molecule has 2 aliphatic rings. The van der Waals surface area contributed by atoms with Gasteiger partial charge in [-0.15, -0.1) is 0 Å².